The summed E-state index contributed by atoms with van der Waals surface area (Å²) in [6.45, 7) is 4.82. The van der Waals surface area contributed by atoms with Crippen LogP contribution in [0.2, 0.25) is 5.02 Å². The number of hydrogen-bond donors (Lipinski definition) is 2. The van der Waals surface area contributed by atoms with Gasteiger partial charge in [-0.2, -0.15) is 0 Å². The van der Waals surface area contributed by atoms with Gasteiger partial charge in [0, 0.05) is 24.9 Å². The molecule has 0 saturated heterocycles. The number of sulfone groups is 1. The summed E-state index contributed by atoms with van der Waals surface area (Å²) in [5, 5.41) is 7.05. The Morgan fingerprint density at radius 3 is 2.57 bits per heavy atom. The quantitative estimate of drug-likeness (QED) is 0.528. The molecule has 6 nitrogen and oxygen atoms in total. The average Bonchev–Trinajstić information content (AvgIpc) is 2.61. The molecule has 0 fully saturated rings. The van der Waals surface area contributed by atoms with E-state index in [1.165, 1.54) is 6.26 Å². The second kappa shape index (κ2) is 9.80. The molecule has 0 aliphatic carbocycles. The zero-order valence-electron chi connectivity index (χ0n) is 16.5. The Labute approximate surface area is 171 Å². The molecule has 0 heterocycles. The number of nitrogens with one attached hydrogen (secondary N) is 2. The van der Waals surface area contributed by atoms with Gasteiger partial charge in [0.25, 0.3) is 0 Å². The van der Waals surface area contributed by atoms with E-state index in [0.29, 0.717) is 34.7 Å². The molecule has 152 valence electrons. The predicted molar refractivity (Wildman–Crippen MR) is 114 cm³/mol. The molecule has 0 aliphatic rings. The molecule has 0 bridgehead atoms. The predicted octanol–water partition coefficient (Wildman–Crippen LogP) is 3.18. The number of nitrogens with zero attached hydrogens (tertiary/aromatic N) is 1. The van der Waals surface area contributed by atoms with Gasteiger partial charge >= 0.3 is 0 Å². The van der Waals surface area contributed by atoms with Crippen LogP contribution in [0.3, 0.4) is 0 Å². The van der Waals surface area contributed by atoms with Crippen LogP contribution in [0, 0.1) is 6.92 Å². The highest BCUT2D eigenvalue weighted by Crippen LogP contribution is 2.18. The summed E-state index contributed by atoms with van der Waals surface area (Å²) in [5.41, 5.74) is 1.70. The standard InChI is InChI=1S/C20H26ClN3O3S/c1-14-10-16(8-9-19(14)28(4,25)26)13-24-20(22-3)23-12-15(2)27-18-7-5-6-17(21)11-18/h5-11,15H,12-13H2,1-4H3,(H2,22,23,24). The SMILES string of the molecule is CN=C(NCc1ccc(S(C)(=O)=O)c(C)c1)NCC(C)Oc1cccc(Cl)c1. The average molecular weight is 424 g/mol. The molecule has 8 heteroatoms. The Bertz CT molecular complexity index is 945. The van der Waals surface area contributed by atoms with Crippen molar-refractivity contribution in [3.8, 4) is 5.75 Å². The first kappa shape index (κ1) is 22.0. The maximum atomic E-state index is 11.7. The fourth-order valence-corrected chi connectivity index (χ4v) is 3.84. The molecule has 28 heavy (non-hydrogen) atoms. The van der Waals surface area contributed by atoms with Crippen molar-refractivity contribution in [2.24, 2.45) is 4.99 Å². The lowest BCUT2D eigenvalue weighted by Gasteiger charge is -2.18. The third kappa shape index (κ3) is 6.73. The van der Waals surface area contributed by atoms with Gasteiger partial charge in [0.15, 0.2) is 15.8 Å². The van der Waals surface area contributed by atoms with E-state index in [0.717, 1.165) is 11.1 Å². The van der Waals surface area contributed by atoms with Crippen molar-refractivity contribution in [2.45, 2.75) is 31.4 Å². The van der Waals surface area contributed by atoms with Crippen LogP contribution in [0.4, 0.5) is 0 Å². The smallest absolute Gasteiger partial charge is 0.191 e. The molecule has 0 aromatic heterocycles. The molecule has 0 radical (unpaired) electrons. The molecule has 2 aromatic carbocycles. The molecule has 1 atom stereocenters. The molecule has 0 aliphatic heterocycles. The topological polar surface area (TPSA) is 79.8 Å². The van der Waals surface area contributed by atoms with Crippen LogP contribution >= 0.6 is 11.6 Å². The van der Waals surface area contributed by atoms with Crippen LogP contribution in [0.1, 0.15) is 18.1 Å². The largest absolute Gasteiger partial charge is 0.489 e. The summed E-state index contributed by atoms with van der Waals surface area (Å²) in [7, 11) is -1.52. The third-order valence-electron chi connectivity index (χ3n) is 4.01. The Morgan fingerprint density at radius 2 is 1.96 bits per heavy atom. The number of rotatable bonds is 7. The highest BCUT2D eigenvalue weighted by atomic mass is 35.5. The zero-order chi connectivity index (χ0) is 20.7. The number of hydrogen-bond acceptors (Lipinski definition) is 4. The van der Waals surface area contributed by atoms with E-state index in [4.69, 9.17) is 16.3 Å². The van der Waals surface area contributed by atoms with Crippen LogP contribution in [0.5, 0.6) is 5.75 Å². The molecular formula is C20H26ClN3O3S. The maximum Gasteiger partial charge on any atom is 0.191 e. The van der Waals surface area contributed by atoms with Crippen molar-refractivity contribution in [1.29, 1.82) is 0 Å². The van der Waals surface area contributed by atoms with Gasteiger partial charge < -0.3 is 15.4 Å². The highest BCUT2D eigenvalue weighted by Gasteiger charge is 2.11. The zero-order valence-corrected chi connectivity index (χ0v) is 18.1. The maximum absolute atomic E-state index is 11.7. The Kier molecular flexibility index (Phi) is 7.71. The summed E-state index contributed by atoms with van der Waals surface area (Å²) >= 11 is 5.97. The lowest BCUT2D eigenvalue weighted by Crippen LogP contribution is -2.41. The number of benzene rings is 2. The van der Waals surface area contributed by atoms with Crippen molar-refractivity contribution < 1.29 is 13.2 Å². The number of halogens is 1. The molecular weight excluding hydrogens is 398 g/mol. The summed E-state index contributed by atoms with van der Waals surface area (Å²) in [6, 6.07) is 12.6. The van der Waals surface area contributed by atoms with Crippen LogP contribution in [-0.4, -0.2) is 40.3 Å². The summed E-state index contributed by atoms with van der Waals surface area (Å²) in [6.07, 6.45) is 1.12. The summed E-state index contributed by atoms with van der Waals surface area (Å²) < 4.78 is 29.3. The molecule has 0 spiro atoms. The minimum Gasteiger partial charge on any atom is -0.489 e. The fraction of sp³-hybridized carbons (Fsp3) is 0.350. The Balaban J connectivity index is 1.87. The highest BCUT2D eigenvalue weighted by molar-refractivity contribution is 7.90. The Morgan fingerprint density at radius 1 is 1.21 bits per heavy atom. The monoisotopic (exact) mass is 423 g/mol. The first-order valence-corrected chi connectivity index (χ1v) is 11.1. The van der Waals surface area contributed by atoms with Gasteiger partial charge in [0.2, 0.25) is 0 Å². The molecule has 1 unspecified atom stereocenters. The van der Waals surface area contributed by atoms with E-state index in [2.05, 4.69) is 15.6 Å². The lowest BCUT2D eigenvalue weighted by atomic mass is 10.1. The molecule has 2 rings (SSSR count). The van der Waals surface area contributed by atoms with Gasteiger partial charge in [-0.1, -0.05) is 29.8 Å². The van der Waals surface area contributed by atoms with Crippen molar-refractivity contribution >= 4 is 27.4 Å². The van der Waals surface area contributed by atoms with Crippen molar-refractivity contribution in [3.63, 3.8) is 0 Å². The number of aliphatic imine (C=N–C) groups is 1. The molecule has 2 N–H and O–H groups in total. The van der Waals surface area contributed by atoms with E-state index >= 15 is 0 Å². The van der Waals surface area contributed by atoms with Gasteiger partial charge in [-0.3, -0.25) is 4.99 Å². The first-order chi connectivity index (χ1) is 13.2. The third-order valence-corrected chi connectivity index (χ3v) is 5.50. The van der Waals surface area contributed by atoms with Crippen LogP contribution in [-0.2, 0) is 16.4 Å². The van der Waals surface area contributed by atoms with Crippen molar-refractivity contribution in [1.82, 2.24) is 10.6 Å². The first-order valence-electron chi connectivity index (χ1n) is 8.85. The molecule has 0 saturated carbocycles. The number of aryl methyl sites for hydroxylation is 1. The van der Waals surface area contributed by atoms with Crippen molar-refractivity contribution in [2.75, 3.05) is 19.8 Å². The van der Waals surface area contributed by atoms with E-state index < -0.39 is 9.84 Å². The van der Waals surface area contributed by atoms with E-state index in [1.807, 2.05) is 25.1 Å². The minimum atomic E-state index is -3.21. The van der Waals surface area contributed by atoms with Gasteiger partial charge in [-0.25, -0.2) is 8.42 Å². The minimum absolute atomic E-state index is 0.0895. The number of ether oxygens (including phenoxy) is 1. The lowest BCUT2D eigenvalue weighted by molar-refractivity contribution is 0.224. The number of guanidine groups is 1. The second-order valence-electron chi connectivity index (χ2n) is 6.56. The Hall–Kier alpha value is -2.25. The molecule has 2 aromatic rings. The van der Waals surface area contributed by atoms with E-state index in [9.17, 15) is 8.42 Å². The fourth-order valence-electron chi connectivity index (χ4n) is 2.70. The van der Waals surface area contributed by atoms with Crippen molar-refractivity contribution in [3.05, 3.63) is 58.6 Å². The normalized spacial score (nSPS) is 13.1. The van der Waals surface area contributed by atoms with Crippen LogP contribution in [0.25, 0.3) is 0 Å². The summed E-state index contributed by atoms with van der Waals surface area (Å²) in [4.78, 5) is 4.55. The molecule has 0 amide bonds. The van der Waals surface area contributed by atoms with Gasteiger partial charge in [0.1, 0.15) is 11.9 Å². The van der Waals surface area contributed by atoms with Crippen LogP contribution < -0.4 is 15.4 Å². The van der Waals surface area contributed by atoms with Gasteiger partial charge in [-0.15, -0.1) is 0 Å². The van der Waals surface area contributed by atoms with E-state index in [-0.39, 0.29) is 6.10 Å². The van der Waals surface area contributed by atoms with Gasteiger partial charge in [0.05, 0.1) is 11.4 Å². The van der Waals surface area contributed by atoms with Gasteiger partial charge in [-0.05, 0) is 49.2 Å². The van der Waals surface area contributed by atoms with Crippen LogP contribution in [0.15, 0.2) is 52.4 Å². The second-order valence-corrected chi connectivity index (χ2v) is 8.99. The summed E-state index contributed by atoms with van der Waals surface area (Å²) in [5.74, 6) is 1.34. The van der Waals surface area contributed by atoms with E-state index in [1.54, 1.807) is 38.2 Å².